The monoisotopic (exact) mass is 274 g/mol. The molecule has 1 aromatic carbocycles. The van der Waals surface area contributed by atoms with E-state index in [1.165, 1.54) is 16.7 Å². The van der Waals surface area contributed by atoms with E-state index in [9.17, 15) is 0 Å². The van der Waals surface area contributed by atoms with E-state index in [1.807, 2.05) is 0 Å². The minimum Gasteiger partial charge on any atom is -0.308 e. The van der Waals surface area contributed by atoms with Gasteiger partial charge in [-0.05, 0) is 45.4 Å². The number of rotatable bonds is 7. The van der Waals surface area contributed by atoms with Crippen molar-refractivity contribution < 1.29 is 0 Å². The first-order chi connectivity index (χ1) is 9.30. The van der Waals surface area contributed by atoms with Gasteiger partial charge in [-0.15, -0.1) is 0 Å². The molecular weight excluding hydrogens is 244 g/mol. The molecule has 0 aliphatic carbocycles. The molecule has 112 valence electrons. The second kappa shape index (κ2) is 7.61. The molecule has 0 aromatic heterocycles. The summed E-state index contributed by atoms with van der Waals surface area (Å²) in [6.07, 6.45) is 0. The van der Waals surface area contributed by atoms with Gasteiger partial charge in [0.1, 0.15) is 0 Å². The average Bonchev–Trinajstić information content (AvgIpc) is 2.35. The molecule has 0 spiro atoms. The predicted octanol–water partition coefficient (Wildman–Crippen LogP) is 3.97. The zero-order chi connectivity index (χ0) is 15.2. The van der Waals surface area contributed by atoms with Crippen LogP contribution in [-0.2, 0) is 13.1 Å². The summed E-state index contributed by atoms with van der Waals surface area (Å²) < 4.78 is 0. The molecule has 20 heavy (non-hydrogen) atoms. The van der Waals surface area contributed by atoms with Crippen LogP contribution in [0.1, 0.15) is 45.7 Å². The van der Waals surface area contributed by atoms with Gasteiger partial charge in [-0.1, -0.05) is 43.3 Å². The van der Waals surface area contributed by atoms with E-state index in [-0.39, 0.29) is 5.54 Å². The van der Waals surface area contributed by atoms with Gasteiger partial charge in [0.15, 0.2) is 0 Å². The molecule has 0 saturated carbocycles. The van der Waals surface area contributed by atoms with Crippen LogP contribution in [0.5, 0.6) is 0 Å². The minimum atomic E-state index is 0.166. The summed E-state index contributed by atoms with van der Waals surface area (Å²) in [6.45, 7) is 18.8. The molecule has 1 rings (SSSR count). The largest absolute Gasteiger partial charge is 0.308 e. The third-order valence-corrected chi connectivity index (χ3v) is 3.19. The summed E-state index contributed by atoms with van der Waals surface area (Å²) in [5.74, 6) is 0. The molecular formula is C18H30N2. The van der Waals surface area contributed by atoms with Crippen molar-refractivity contribution in [2.75, 3.05) is 13.1 Å². The van der Waals surface area contributed by atoms with Crippen LogP contribution in [0, 0.1) is 0 Å². The van der Waals surface area contributed by atoms with Crippen LogP contribution >= 0.6 is 0 Å². The molecule has 0 aliphatic heterocycles. The van der Waals surface area contributed by atoms with Gasteiger partial charge in [0.25, 0.3) is 0 Å². The molecule has 0 radical (unpaired) electrons. The summed E-state index contributed by atoms with van der Waals surface area (Å²) >= 11 is 0. The lowest BCUT2D eigenvalue weighted by molar-refractivity contribution is 0.304. The van der Waals surface area contributed by atoms with Gasteiger partial charge in [-0.2, -0.15) is 0 Å². The van der Waals surface area contributed by atoms with Crippen LogP contribution in [0.15, 0.2) is 36.4 Å². The topological polar surface area (TPSA) is 15.3 Å². The lowest BCUT2D eigenvalue weighted by Crippen LogP contribution is -2.35. The molecule has 1 aromatic rings. The average molecular weight is 274 g/mol. The maximum absolute atomic E-state index is 4.00. The molecule has 0 unspecified atom stereocenters. The van der Waals surface area contributed by atoms with Crippen LogP contribution in [0.25, 0.3) is 0 Å². The Morgan fingerprint density at radius 1 is 1.15 bits per heavy atom. The third-order valence-electron chi connectivity index (χ3n) is 3.19. The number of nitrogens with one attached hydrogen (secondary N) is 1. The molecule has 2 nitrogen and oxygen atoms in total. The number of nitrogens with zero attached hydrogens (tertiary/aromatic N) is 1. The number of benzene rings is 1. The quantitative estimate of drug-likeness (QED) is 0.757. The zero-order valence-corrected chi connectivity index (χ0v) is 13.8. The normalized spacial score (nSPS) is 11.9. The summed E-state index contributed by atoms with van der Waals surface area (Å²) in [5.41, 5.74) is 4.09. The van der Waals surface area contributed by atoms with Crippen molar-refractivity contribution in [2.45, 2.75) is 53.2 Å². The highest BCUT2D eigenvalue weighted by molar-refractivity contribution is 5.22. The van der Waals surface area contributed by atoms with Crippen LogP contribution in [0.3, 0.4) is 0 Å². The van der Waals surface area contributed by atoms with Crippen molar-refractivity contribution in [1.29, 1.82) is 0 Å². The summed E-state index contributed by atoms with van der Waals surface area (Å²) in [4.78, 5) is 2.41. The van der Waals surface area contributed by atoms with Crippen molar-refractivity contribution in [3.05, 3.63) is 47.5 Å². The van der Waals surface area contributed by atoms with Gasteiger partial charge in [0.2, 0.25) is 0 Å². The first-order valence-corrected chi connectivity index (χ1v) is 7.49. The van der Waals surface area contributed by atoms with Gasteiger partial charge in [0, 0.05) is 25.2 Å². The highest BCUT2D eigenvalue weighted by Crippen LogP contribution is 2.10. The van der Waals surface area contributed by atoms with Crippen molar-refractivity contribution in [3.8, 4) is 0 Å². The zero-order valence-electron chi connectivity index (χ0n) is 13.8. The highest BCUT2D eigenvalue weighted by atomic mass is 15.1. The SMILES string of the molecule is C=C(C)CN(CC)Cc1ccc(CNC(C)(C)C)cc1. The third kappa shape index (κ3) is 6.88. The molecule has 0 aliphatic rings. The van der Waals surface area contributed by atoms with Crippen LogP contribution in [0.2, 0.25) is 0 Å². The Balaban J connectivity index is 2.55. The molecule has 1 N–H and O–H groups in total. The number of likely N-dealkylation sites (N-methyl/N-ethyl adjacent to an activating group) is 1. The standard InChI is InChI=1S/C18H30N2/c1-7-20(13-15(2)3)14-17-10-8-16(9-11-17)12-19-18(4,5)6/h8-11,19H,2,7,12-14H2,1,3-6H3. The van der Waals surface area contributed by atoms with Crippen molar-refractivity contribution in [1.82, 2.24) is 10.2 Å². The van der Waals surface area contributed by atoms with E-state index in [2.05, 4.69) is 75.7 Å². The van der Waals surface area contributed by atoms with Gasteiger partial charge in [-0.3, -0.25) is 4.90 Å². The van der Waals surface area contributed by atoms with Crippen molar-refractivity contribution in [3.63, 3.8) is 0 Å². The van der Waals surface area contributed by atoms with E-state index in [4.69, 9.17) is 0 Å². The summed E-state index contributed by atoms with van der Waals surface area (Å²) in [5, 5.41) is 3.51. The lowest BCUT2D eigenvalue weighted by Gasteiger charge is -2.22. The van der Waals surface area contributed by atoms with Gasteiger partial charge < -0.3 is 5.32 Å². The van der Waals surface area contributed by atoms with Crippen LogP contribution in [-0.4, -0.2) is 23.5 Å². The Hall–Kier alpha value is -1.12. The Labute approximate surface area is 124 Å². The molecule has 2 heteroatoms. The van der Waals surface area contributed by atoms with Crippen LogP contribution in [0.4, 0.5) is 0 Å². The van der Waals surface area contributed by atoms with E-state index in [1.54, 1.807) is 0 Å². The van der Waals surface area contributed by atoms with Gasteiger partial charge in [-0.25, -0.2) is 0 Å². The number of hydrogen-bond acceptors (Lipinski definition) is 2. The Morgan fingerprint density at radius 3 is 2.15 bits per heavy atom. The molecule has 0 fully saturated rings. The summed E-state index contributed by atoms with van der Waals surface area (Å²) in [6, 6.07) is 8.92. The first-order valence-electron chi connectivity index (χ1n) is 7.49. The predicted molar refractivity (Wildman–Crippen MR) is 88.8 cm³/mol. The Kier molecular flexibility index (Phi) is 6.44. The second-order valence-electron chi connectivity index (χ2n) is 6.68. The first kappa shape index (κ1) is 16.9. The maximum Gasteiger partial charge on any atom is 0.0237 e. The van der Waals surface area contributed by atoms with E-state index in [0.717, 1.165) is 26.2 Å². The Morgan fingerprint density at radius 2 is 1.70 bits per heavy atom. The molecule has 0 amide bonds. The maximum atomic E-state index is 4.00. The van der Waals surface area contributed by atoms with E-state index < -0.39 is 0 Å². The van der Waals surface area contributed by atoms with E-state index >= 15 is 0 Å². The van der Waals surface area contributed by atoms with Crippen LogP contribution < -0.4 is 5.32 Å². The molecule has 0 bridgehead atoms. The van der Waals surface area contributed by atoms with Gasteiger partial charge in [0.05, 0.1) is 0 Å². The summed E-state index contributed by atoms with van der Waals surface area (Å²) in [7, 11) is 0. The second-order valence-corrected chi connectivity index (χ2v) is 6.68. The minimum absolute atomic E-state index is 0.166. The lowest BCUT2D eigenvalue weighted by atomic mass is 10.1. The molecule has 0 atom stereocenters. The van der Waals surface area contributed by atoms with Crippen molar-refractivity contribution >= 4 is 0 Å². The molecule has 0 heterocycles. The fraction of sp³-hybridized carbons (Fsp3) is 0.556. The fourth-order valence-electron chi connectivity index (χ4n) is 2.05. The number of hydrogen-bond donors (Lipinski definition) is 1. The Bertz CT molecular complexity index is 412. The highest BCUT2D eigenvalue weighted by Gasteiger charge is 2.08. The fourth-order valence-corrected chi connectivity index (χ4v) is 2.05. The van der Waals surface area contributed by atoms with Crippen molar-refractivity contribution in [2.24, 2.45) is 0 Å². The van der Waals surface area contributed by atoms with E-state index in [0.29, 0.717) is 0 Å². The van der Waals surface area contributed by atoms with Gasteiger partial charge >= 0.3 is 0 Å². The smallest absolute Gasteiger partial charge is 0.0237 e. The molecule has 0 saturated heterocycles.